The van der Waals surface area contributed by atoms with E-state index >= 15 is 0 Å². The highest BCUT2D eigenvalue weighted by Crippen LogP contribution is 2.35. The number of carbonyl (C=O) groups is 1. The average molecular weight is 326 g/mol. The van der Waals surface area contributed by atoms with Gasteiger partial charge in [-0.3, -0.25) is 9.78 Å². The molecular formula is C19H22N2O3. The first kappa shape index (κ1) is 16.3. The van der Waals surface area contributed by atoms with Gasteiger partial charge in [0.05, 0.1) is 13.7 Å². The Bertz CT molecular complexity index is 730. The molecule has 1 atom stereocenters. The Morgan fingerprint density at radius 3 is 3.08 bits per heavy atom. The summed E-state index contributed by atoms with van der Waals surface area (Å²) in [6, 6.07) is 9.49. The van der Waals surface area contributed by atoms with Crippen molar-refractivity contribution in [2.45, 2.75) is 19.8 Å². The van der Waals surface area contributed by atoms with Gasteiger partial charge in [0.25, 0.3) is 5.91 Å². The minimum atomic E-state index is -0.0662. The second kappa shape index (κ2) is 7.34. The van der Waals surface area contributed by atoms with Gasteiger partial charge < -0.3 is 14.8 Å². The van der Waals surface area contributed by atoms with Crippen molar-refractivity contribution >= 4 is 5.91 Å². The molecule has 5 nitrogen and oxygen atoms in total. The predicted molar refractivity (Wildman–Crippen MR) is 91.6 cm³/mol. The fourth-order valence-electron chi connectivity index (χ4n) is 2.90. The van der Waals surface area contributed by atoms with Gasteiger partial charge in [-0.05, 0) is 36.6 Å². The maximum atomic E-state index is 12.3. The molecule has 1 unspecified atom stereocenters. The van der Waals surface area contributed by atoms with Crippen LogP contribution in [-0.2, 0) is 12.8 Å². The molecule has 0 bridgehead atoms. The molecule has 1 aliphatic rings. The quantitative estimate of drug-likeness (QED) is 0.917. The van der Waals surface area contributed by atoms with Crippen molar-refractivity contribution in [2.24, 2.45) is 5.92 Å². The molecule has 2 heterocycles. The molecule has 0 saturated carbocycles. The molecule has 2 aromatic rings. The number of rotatable bonds is 5. The van der Waals surface area contributed by atoms with Crippen molar-refractivity contribution in [2.75, 3.05) is 20.3 Å². The van der Waals surface area contributed by atoms with E-state index in [1.54, 1.807) is 19.4 Å². The number of aryl methyl sites for hydroxylation is 1. The van der Waals surface area contributed by atoms with Gasteiger partial charge in [-0.2, -0.15) is 0 Å². The summed E-state index contributed by atoms with van der Waals surface area (Å²) in [5.74, 6) is 1.77. The number of ether oxygens (including phenoxy) is 2. The molecule has 0 spiro atoms. The Hall–Kier alpha value is -2.56. The minimum Gasteiger partial charge on any atom is -0.493 e. The van der Waals surface area contributed by atoms with Crippen LogP contribution in [0.25, 0.3) is 0 Å². The van der Waals surface area contributed by atoms with Gasteiger partial charge in [-0.25, -0.2) is 0 Å². The van der Waals surface area contributed by atoms with E-state index in [1.807, 2.05) is 31.2 Å². The third-order valence-corrected chi connectivity index (χ3v) is 4.24. The maximum Gasteiger partial charge on any atom is 0.251 e. The molecule has 126 valence electrons. The Morgan fingerprint density at radius 1 is 1.42 bits per heavy atom. The zero-order valence-corrected chi connectivity index (χ0v) is 14.0. The molecule has 24 heavy (non-hydrogen) atoms. The molecule has 0 aliphatic carbocycles. The first-order valence-corrected chi connectivity index (χ1v) is 8.23. The highest BCUT2D eigenvalue weighted by atomic mass is 16.5. The van der Waals surface area contributed by atoms with Crippen LogP contribution in [-0.4, -0.2) is 31.2 Å². The van der Waals surface area contributed by atoms with Crippen LogP contribution in [0.4, 0.5) is 0 Å². The number of pyridine rings is 1. The standard InChI is InChI=1S/C19H22N2O3/c1-3-16-10-15(7-8-20-16)19(22)21-11-13-9-14-5-4-6-17(23-2)18(14)24-12-13/h4-8,10,13H,3,9,11-12H2,1-2H3,(H,21,22). The average Bonchev–Trinajstić information content (AvgIpc) is 2.65. The molecule has 3 rings (SSSR count). The number of hydrogen-bond donors (Lipinski definition) is 1. The topological polar surface area (TPSA) is 60.5 Å². The summed E-state index contributed by atoms with van der Waals surface area (Å²) < 4.78 is 11.2. The van der Waals surface area contributed by atoms with E-state index in [4.69, 9.17) is 9.47 Å². The Balaban J connectivity index is 1.60. The van der Waals surface area contributed by atoms with E-state index in [2.05, 4.69) is 10.3 Å². The summed E-state index contributed by atoms with van der Waals surface area (Å²) in [5, 5.41) is 3.00. The van der Waals surface area contributed by atoms with E-state index in [1.165, 1.54) is 0 Å². The molecule has 0 fully saturated rings. The molecular weight excluding hydrogens is 304 g/mol. The summed E-state index contributed by atoms with van der Waals surface area (Å²) in [6.07, 6.45) is 3.36. The van der Waals surface area contributed by atoms with E-state index < -0.39 is 0 Å². The van der Waals surface area contributed by atoms with Crippen LogP contribution >= 0.6 is 0 Å². The fraction of sp³-hybridized carbons (Fsp3) is 0.368. The maximum absolute atomic E-state index is 12.3. The van der Waals surface area contributed by atoms with Crippen molar-refractivity contribution in [1.82, 2.24) is 10.3 Å². The van der Waals surface area contributed by atoms with Gasteiger partial charge in [0.2, 0.25) is 0 Å². The first-order valence-electron chi connectivity index (χ1n) is 8.23. The van der Waals surface area contributed by atoms with Gasteiger partial charge in [0, 0.05) is 29.9 Å². The summed E-state index contributed by atoms with van der Waals surface area (Å²) in [4.78, 5) is 16.5. The molecule has 0 saturated heterocycles. The number of methoxy groups -OCH3 is 1. The second-order valence-corrected chi connectivity index (χ2v) is 5.93. The number of nitrogens with zero attached hydrogens (tertiary/aromatic N) is 1. The zero-order chi connectivity index (χ0) is 16.9. The summed E-state index contributed by atoms with van der Waals surface area (Å²) in [7, 11) is 1.64. The lowest BCUT2D eigenvalue weighted by molar-refractivity contribution is 0.0938. The third-order valence-electron chi connectivity index (χ3n) is 4.24. The Kier molecular flexibility index (Phi) is 4.99. The van der Waals surface area contributed by atoms with E-state index in [0.29, 0.717) is 18.7 Å². The molecule has 1 N–H and O–H groups in total. The Labute approximate surface area is 142 Å². The number of aromatic nitrogens is 1. The lowest BCUT2D eigenvalue weighted by Gasteiger charge is -2.26. The monoisotopic (exact) mass is 326 g/mol. The SMILES string of the molecule is CCc1cc(C(=O)NCC2COc3c(cccc3OC)C2)ccn1. The van der Waals surface area contributed by atoms with Crippen LogP contribution in [0, 0.1) is 5.92 Å². The van der Waals surface area contributed by atoms with Gasteiger partial charge in [0.15, 0.2) is 11.5 Å². The van der Waals surface area contributed by atoms with Crippen LogP contribution in [0.5, 0.6) is 11.5 Å². The summed E-state index contributed by atoms with van der Waals surface area (Å²) in [5.41, 5.74) is 2.70. The number of hydrogen-bond acceptors (Lipinski definition) is 4. The molecule has 0 radical (unpaired) electrons. The minimum absolute atomic E-state index is 0.0662. The molecule has 1 aliphatic heterocycles. The molecule has 1 aromatic carbocycles. The fourth-order valence-corrected chi connectivity index (χ4v) is 2.90. The predicted octanol–water partition coefficient (Wildman–Crippen LogP) is 2.63. The lowest BCUT2D eigenvalue weighted by atomic mass is 9.96. The number of nitrogens with one attached hydrogen (secondary N) is 1. The van der Waals surface area contributed by atoms with Crippen LogP contribution in [0.2, 0.25) is 0 Å². The highest BCUT2D eigenvalue weighted by Gasteiger charge is 2.23. The zero-order valence-electron chi connectivity index (χ0n) is 14.0. The smallest absolute Gasteiger partial charge is 0.251 e. The number of para-hydroxylation sites is 1. The number of benzene rings is 1. The van der Waals surface area contributed by atoms with Crippen LogP contribution in [0.1, 0.15) is 28.5 Å². The highest BCUT2D eigenvalue weighted by molar-refractivity contribution is 5.94. The summed E-state index contributed by atoms with van der Waals surface area (Å²) >= 11 is 0. The van der Waals surface area contributed by atoms with E-state index in [9.17, 15) is 4.79 Å². The van der Waals surface area contributed by atoms with E-state index in [0.717, 1.165) is 35.6 Å². The van der Waals surface area contributed by atoms with Gasteiger partial charge in [0.1, 0.15) is 0 Å². The van der Waals surface area contributed by atoms with Crippen LogP contribution < -0.4 is 14.8 Å². The van der Waals surface area contributed by atoms with Gasteiger partial charge in [-0.15, -0.1) is 0 Å². The van der Waals surface area contributed by atoms with Gasteiger partial charge in [-0.1, -0.05) is 19.1 Å². The lowest BCUT2D eigenvalue weighted by Crippen LogP contribution is -2.35. The first-order chi connectivity index (χ1) is 11.7. The van der Waals surface area contributed by atoms with E-state index in [-0.39, 0.29) is 11.8 Å². The van der Waals surface area contributed by atoms with Crippen molar-refractivity contribution in [1.29, 1.82) is 0 Å². The van der Waals surface area contributed by atoms with Crippen molar-refractivity contribution in [3.05, 3.63) is 53.3 Å². The third kappa shape index (κ3) is 3.50. The van der Waals surface area contributed by atoms with Crippen molar-refractivity contribution in [3.8, 4) is 11.5 Å². The van der Waals surface area contributed by atoms with Crippen LogP contribution in [0.3, 0.4) is 0 Å². The largest absolute Gasteiger partial charge is 0.493 e. The molecule has 5 heteroatoms. The Morgan fingerprint density at radius 2 is 2.29 bits per heavy atom. The van der Waals surface area contributed by atoms with Gasteiger partial charge >= 0.3 is 0 Å². The van der Waals surface area contributed by atoms with Crippen molar-refractivity contribution < 1.29 is 14.3 Å². The number of amides is 1. The second-order valence-electron chi connectivity index (χ2n) is 5.93. The van der Waals surface area contributed by atoms with Crippen LogP contribution in [0.15, 0.2) is 36.5 Å². The van der Waals surface area contributed by atoms with Crippen molar-refractivity contribution in [3.63, 3.8) is 0 Å². The molecule has 1 aromatic heterocycles. The summed E-state index contributed by atoms with van der Waals surface area (Å²) in [6.45, 7) is 3.18. The number of carbonyl (C=O) groups excluding carboxylic acids is 1. The normalized spacial score (nSPS) is 16.0. The molecule has 1 amide bonds. The number of fused-ring (bicyclic) bond motifs is 1.